The minimum Gasteiger partial charge on any atom is -0.466 e. The van der Waals surface area contributed by atoms with Crippen LogP contribution in [0.3, 0.4) is 0 Å². The van der Waals surface area contributed by atoms with Crippen LogP contribution >= 0.6 is 0 Å². The van der Waals surface area contributed by atoms with Gasteiger partial charge in [-0.2, -0.15) is 0 Å². The molecule has 6 nitrogen and oxygen atoms in total. The highest BCUT2D eigenvalue weighted by Crippen LogP contribution is 2.29. The number of nitrogens with one attached hydrogen (secondary N) is 1. The predicted octanol–water partition coefficient (Wildman–Crippen LogP) is 3.84. The summed E-state index contributed by atoms with van der Waals surface area (Å²) in [7, 11) is 0. The third kappa shape index (κ3) is 5.33. The highest BCUT2D eigenvalue weighted by atomic mass is 16.5. The van der Waals surface area contributed by atoms with Crippen molar-refractivity contribution in [1.82, 2.24) is 4.90 Å². The monoisotopic (exact) mass is 408 g/mol. The Balaban J connectivity index is 1.77. The maximum absolute atomic E-state index is 13.3. The molecule has 1 atom stereocenters. The minimum absolute atomic E-state index is 0.0493. The molecule has 3 rings (SSSR count). The number of carbonyl (C=O) groups is 3. The van der Waals surface area contributed by atoms with E-state index in [4.69, 9.17) is 4.74 Å². The fourth-order valence-electron chi connectivity index (χ4n) is 3.84. The van der Waals surface area contributed by atoms with E-state index in [1.165, 1.54) is 6.92 Å². The molecule has 158 valence electrons. The number of nitrogens with zero attached hydrogens (tertiary/aromatic N) is 1. The average molecular weight is 408 g/mol. The summed E-state index contributed by atoms with van der Waals surface area (Å²) in [5.41, 5.74) is 2.04. The molecule has 1 saturated heterocycles. The van der Waals surface area contributed by atoms with E-state index in [1.807, 2.05) is 37.3 Å². The van der Waals surface area contributed by atoms with Crippen LogP contribution in [0.15, 0.2) is 54.6 Å². The number of piperidine rings is 1. The summed E-state index contributed by atoms with van der Waals surface area (Å²) < 4.78 is 5.15. The van der Waals surface area contributed by atoms with Crippen molar-refractivity contribution in [1.29, 1.82) is 0 Å². The van der Waals surface area contributed by atoms with Gasteiger partial charge in [0.2, 0.25) is 5.91 Å². The van der Waals surface area contributed by atoms with Crippen LogP contribution in [0.1, 0.15) is 48.7 Å². The number of carbonyl (C=O) groups excluding carboxylic acids is 3. The van der Waals surface area contributed by atoms with Crippen LogP contribution in [0.25, 0.3) is 0 Å². The number of anilines is 1. The molecule has 0 aromatic heterocycles. The van der Waals surface area contributed by atoms with Crippen molar-refractivity contribution in [3.05, 3.63) is 65.7 Å². The van der Waals surface area contributed by atoms with Crippen molar-refractivity contribution >= 4 is 23.3 Å². The van der Waals surface area contributed by atoms with Gasteiger partial charge in [0, 0.05) is 24.3 Å². The van der Waals surface area contributed by atoms with Gasteiger partial charge in [-0.05, 0) is 44.4 Å². The first kappa shape index (κ1) is 21.7. The SMILES string of the molecule is CCOC(=O)C1CCN(C(C(=O)Nc2cccc(C(C)=O)c2)c2ccccc2)CC1. The number of hydrogen-bond acceptors (Lipinski definition) is 5. The van der Waals surface area contributed by atoms with Gasteiger partial charge >= 0.3 is 5.97 Å². The van der Waals surface area contributed by atoms with Crippen molar-refractivity contribution in [2.24, 2.45) is 5.92 Å². The number of rotatable bonds is 7. The smallest absolute Gasteiger partial charge is 0.309 e. The van der Waals surface area contributed by atoms with E-state index >= 15 is 0 Å². The third-order valence-electron chi connectivity index (χ3n) is 5.41. The summed E-state index contributed by atoms with van der Waals surface area (Å²) >= 11 is 0. The lowest BCUT2D eigenvalue weighted by molar-refractivity contribution is -0.149. The number of Topliss-reactive ketones (excluding diaryl/α,β-unsaturated/α-hetero) is 1. The Kier molecular flexibility index (Phi) is 7.36. The molecule has 1 aliphatic heterocycles. The Hall–Kier alpha value is -2.99. The van der Waals surface area contributed by atoms with Gasteiger partial charge in [0.05, 0.1) is 12.5 Å². The summed E-state index contributed by atoms with van der Waals surface area (Å²) in [5, 5.41) is 2.96. The standard InChI is InChI=1S/C24H28N2O4/c1-3-30-24(29)19-12-14-26(15-13-19)22(18-8-5-4-6-9-18)23(28)25-21-11-7-10-20(16-21)17(2)27/h4-11,16,19,22H,3,12-15H2,1-2H3,(H,25,28). The zero-order valence-corrected chi connectivity index (χ0v) is 17.5. The Labute approximate surface area is 177 Å². The van der Waals surface area contributed by atoms with Gasteiger partial charge in [-0.15, -0.1) is 0 Å². The number of hydrogen-bond donors (Lipinski definition) is 1. The first-order valence-electron chi connectivity index (χ1n) is 10.4. The molecule has 30 heavy (non-hydrogen) atoms. The van der Waals surface area contributed by atoms with Crippen molar-refractivity contribution in [3.63, 3.8) is 0 Å². The summed E-state index contributed by atoms with van der Waals surface area (Å²) in [5.74, 6) is -0.477. The van der Waals surface area contributed by atoms with Crippen LogP contribution in [0.5, 0.6) is 0 Å². The van der Waals surface area contributed by atoms with Crippen molar-refractivity contribution in [2.45, 2.75) is 32.7 Å². The van der Waals surface area contributed by atoms with E-state index in [-0.39, 0.29) is 23.6 Å². The highest BCUT2D eigenvalue weighted by molar-refractivity contribution is 5.98. The van der Waals surface area contributed by atoms with Crippen molar-refractivity contribution in [2.75, 3.05) is 25.0 Å². The largest absolute Gasteiger partial charge is 0.466 e. The molecule has 1 amide bonds. The zero-order valence-electron chi connectivity index (χ0n) is 17.5. The van der Waals surface area contributed by atoms with E-state index in [9.17, 15) is 14.4 Å². The van der Waals surface area contributed by atoms with Crippen LogP contribution in [-0.2, 0) is 14.3 Å². The van der Waals surface area contributed by atoms with E-state index < -0.39 is 6.04 Å². The maximum Gasteiger partial charge on any atom is 0.309 e. The lowest BCUT2D eigenvalue weighted by Crippen LogP contribution is -2.43. The van der Waals surface area contributed by atoms with Crippen LogP contribution in [-0.4, -0.2) is 42.3 Å². The number of benzene rings is 2. The van der Waals surface area contributed by atoms with E-state index in [0.717, 1.165) is 5.56 Å². The molecule has 0 saturated carbocycles. The molecule has 2 aromatic carbocycles. The van der Waals surface area contributed by atoms with Crippen LogP contribution in [0.2, 0.25) is 0 Å². The molecule has 1 fully saturated rings. The second-order valence-electron chi connectivity index (χ2n) is 7.50. The van der Waals surface area contributed by atoms with Gasteiger partial charge in [-0.25, -0.2) is 0 Å². The summed E-state index contributed by atoms with van der Waals surface area (Å²) in [4.78, 5) is 39.1. The number of amides is 1. The lowest BCUT2D eigenvalue weighted by atomic mass is 9.94. The van der Waals surface area contributed by atoms with E-state index in [2.05, 4.69) is 10.2 Å². The molecule has 1 heterocycles. The molecule has 0 spiro atoms. The molecular weight excluding hydrogens is 380 g/mol. The van der Waals surface area contributed by atoms with Crippen LogP contribution in [0, 0.1) is 5.92 Å². The number of ketones is 1. The molecule has 0 aliphatic carbocycles. The molecule has 0 bridgehead atoms. The second-order valence-corrected chi connectivity index (χ2v) is 7.50. The first-order chi connectivity index (χ1) is 14.5. The molecule has 6 heteroatoms. The maximum atomic E-state index is 13.3. The summed E-state index contributed by atoms with van der Waals surface area (Å²) in [6.45, 7) is 4.95. The van der Waals surface area contributed by atoms with E-state index in [0.29, 0.717) is 43.8 Å². The molecule has 1 aliphatic rings. The normalized spacial score (nSPS) is 15.9. The predicted molar refractivity (Wildman–Crippen MR) is 115 cm³/mol. The van der Waals surface area contributed by atoms with Gasteiger partial charge in [0.25, 0.3) is 0 Å². The lowest BCUT2D eigenvalue weighted by Gasteiger charge is -2.36. The zero-order chi connectivity index (χ0) is 21.5. The van der Waals surface area contributed by atoms with Gasteiger partial charge in [-0.3, -0.25) is 19.3 Å². The second kappa shape index (κ2) is 10.2. The molecule has 1 unspecified atom stereocenters. The van der Waals surface area contributed by atoms with Crippen molar-refractivity contribution < 1.29 is 19.1 Å². The molecular formula is C24H28N2O4. The molecule has 0 radical (unpaired) electrons. The number of esters is 1. The fraction of sp³-hybridized carbons (Fsp3) is 0.375. The average Bonchev–Trinajstić information content (AvgIpc) is 2.75. The Morgan fingerprint density at radius 2 is 1.77 bits per heavy atom. The van der Waals surface area contributed by atoms with Gasteiger partial charge < -0.3 is 10.1 Å². The quantitative estimate of drug-likeness (QED) is 0.556. The van der Waals surface area contributed by atoms with Crippen molar-refractivity contribution in [3.8, 4) is 0 Å². The van der Waals surface area contributed by atoms with E-state index in [1.54, 1.807) is 24.3 Å². The van der Waals surface area contributed by atoms with Crippen LogP contribution < -0.4 is 5.32 Å². The molecule has 2 aromatic rings. The van der Waals surface area contributed by atoms with Gasteiger partial charge in [0.1, 0.15) is 6.04 Å². The number of likely N-dealkylation sites (tertiary alicyclic amines) is 1. The summed E-state index contributed by atoms with van der Waals surface area (Å²) in [6.07, 6.45) is 1.32. The Bertz CT molecular complexity index is 889. The van der Waals surface area contributed by atoms with Crippen LogP contribution in [0.4, 0.5) is 5.69 Å². The Morgan fingerprint density at radius 3 is 2.40 bits per heavy atom. The first-order valence-corrected chi connectivity index (χ1v) is 10.4. The topological polar surface area (TPSA) is 75.7 Å². The fourth-order valence-corrected chi connectivity index (χ4v) is 3.84. The van der Waals surface area contributed by atoms with Gasteiger partial charge in [0.15, 0.2) is 5.78 Å². The summed E-state index contributed by atoms with van der Waals surface area (Å²) in [6, 6.07) is 16.1. The number of ether oxygens (including phenoxy) is 1. The van der Waals surface area contributed by atoms with Gasteiger partial charge in [-0.1, -0.05) is 42.5 Å². The third-order valence-corrected chi connectivity index (χ3v) is 5.41. The minimum atomic E-state index is -0.477. The Morgan fingerprint density at radius 1 is 1.07 bits per heavy atom. The molecule has 1 N–H and O–H groups in total. The highest BCUT2D eigenvalue weighted by Gasteiger charge is 2.33.